The van der Waals surface area contributed by atoms with Crippen LogP contribution in [0.5, 0.6) is 0 Å². The first-order chi connectivity index (χ1) is 11.1. The molecule has 0 saturated carbocycles. The monoisotopic (exact) mass is 338 g/mol. The predicted octanol–water partition coefficient (Wildman–Crippen LogP) is 3.14. The minimum atomic E-state index is -1.03. The Bertz CT molecular complexity index is 637. The van der Waals surface area contributed by atoms with Crippen LogP contribution in [-0.2, 0) is 22.5 Å². The zero-order valence-corrected chi connectivity index (χ0v) is 14.4. The van der Waals surface area contributed by atoms with E-state index in [4.69, 9.17) is 9.47 Å². The molecule has 2 aromatic heterocycles. The minimum absolute atomic E-state index is 0.00852. The molecule has 0 aliphatic carbocycles. The number of methoxy groups -OCH3 is 1. The molecule has 126 valence electrons. The summed E-state index contributed by atoms with van der Waals surface area (Å²) in [6.07, 6.45) is 1.44. The molecule has 6 nitrogen and oxygen atoms in total. The number of rotatable bonds is 9. The Kier molecular flexibility index (Phi) is 6.32. The van der Waals surface area contributed by atoms with E-state index in [9.17, 15) is 9.90 Å². The molecule has 0 saturated heterocycles. The average molecular weight is 338 g/mol. The molecule has 0 aromatic carbocycles. The molecular weight excluding hydrogens is 316 g/mol. The van der Waals surface area contributed by atoms with E-state index in [1.54, 1.807) is 23.1 Å². The van der Waals surface area contributed by atoms with Crippen molar-refractivity contribution in [2.45, 2.75) is 39.4 Å². The van der Waals surface area contributed by atoms with Gasteiger partial charge in [0.25, 0.3) is 0 Å². The van der Waals surface area contributed by atoms with Crippen LogP contribution in [0.4, 0.5) is 0 Å². The van der Waals surface area contributed by atoms with Crippen LogP contribution < -0.4 is 0 Å². The van der Waals surface area contributed by atoms with Crippen molar-refractivity contribution in [2.24, 2.45) is 0 Å². The number of thiophene rings is 1. The van der Waals surface area contributed by atoms with Crippen molar-refractivity contribution in [2.75, 3.05) is 13.7 Å². The van der Waals surface area contributed by atoms with E-state index in [2.05, 4.69) is 5.10 Å². The lowest BCUT2D eigenvalue weighted by Crippen LogP contribution is -2.13. The third-order valence-corrected chi connectivity index (χ3v) is 4.29. The van der Waals surface area contributed by atoms with Crippen molar-refractivity contribution < 1.29 is 19.4 Å². The smallest absolute Gasteiger partial charge is 0.356 e. The normalized spacial score (nSPS) is 12.5. The van der Waals surface area contributed by atoms with Gasteiger partial charge >= 0.3 is 5.97 Å². The van der Waals surface area contributed by atoms with Gasteiger partial charge in [-0.05, 0) is 31.2 Å². The first-order valence-electron chi connectivity index (χ1n) is 7.55. The zero-order valence-electron chi connectivity index (χ0n) is 13.6. The second kappa shape index (κ2) is 8.24. The lowest BCUT2D eigenvalue weighted by Gasteiger charge is -2.13. The van der Waals surface area contributed by atoms with Crippen molar-refractivity contribution in [3.63, 3.8) is 0 Å². The molecule has 0 spiro atoms. The fourth-order valence-corrected chi connectivity index (χ4v) is 2.97. The third-order valence-electron chi connectivity index (χ3n) is 3.62. The summed E-state index contributed by atoms with van der Waals surface area (Å²) in [6, 6.07) is 1.92. The van der Waals surface area contributed by atoms with E-state index in [-0.39, 0.29) is 18.4 Å². The van der Waals surface area contributed by atoms with Gasteiger partial charge in [-0.1, -0.05) is 6.92 Å². The molecule has 0 aliphatic heterocycles. The molecule has 2 heterocycles. The zero-order chi connectivity index (χ0) is 16.8. The maximum atomic E-state index is 11.5. The van der Waals surface area contributed by atoms with E-state index in [0.717, 1.165) is 17.8 Å². The summed E-state index contributed by atoms with van der Waals surface area (Å²) in [5, 5.41) is 17.6. The Morgan fingerprint density at radius 2 is 2.30 bits per heavy atom. The fraction of sp³-hybridized carbons (Fsp3) is 0.500. The number of aromatic nitrogens is 2. The van der Waals surface area contributed by atoms with Gasteiger partial charge in [0.05, 0.1) is 24.1 Å². The Morgan fingerprint density at radius 3 is 2.87 bits per heavy atom. The number of carboxylic acid groups (broad SMARTS) is 1. The van der Waals surface area contributed by atoms with E-state index in [0.29, 0.717) is 18.6 Å². The highest BCUT2D eigenvalue weighted by Gasteiger charge is 2.23. The number of nitrogens with zero attached hydrogens (tertiary/aromatic N) is 2. The summed E-state index contributed by atoms with van der Waals surface area (Å²) in [5.41, 5.74) is 2.47. The van der Waals surface area contributed by atoms with Gasteiger partial charge in [0.2, 0.25) is 0 Å². The van der Waals surface area contributed by atoms with Crippen LogP contribution in [0.25, 0.3) is 5.69 Å². The lowest BCUT2D eigenvalue weighted by atomic mass is 10.1. The Labute approximate surface area is 139 Å². The molecule has 1 unspecified atom stereocenters. The van der Waals surface area contributed by atoms with E-state index in [1.165, 1.54) is 0 Å². The number of hydrogen-bond acceptors (Lipinski definition) is 5. The summed E-state index contributed by atoms with van der Waals surface area (Å²) in [5.74, 6) is -1.03. The molecule has 0 aliphatic rings. The summed E-state index contributed by atoms with van der Waals surface area (Å²) in [7, 11) is 1.65. The second-order valence-corrected chi connectivity index (χ2v) is 6.01. The molecule has 23 heavy (non-hydrogen) atoms. The molecule has 0 radical (unpaired) electrons. The van der Waals surface area contributed by atoms with Crippen LogP contribution in [0.3, 0.4) is 0 Å². The molecule has 1 N–H and O–H groups in total. The standard InChI is InChI=1S/C16H22N2O4S/c1-4-14-13(9-22-11(2)5-7-21-3)15(16(19)20)17-18(14)12-6-8-23-10-12/h6,8,10-11H,4-5,7,9H2,1-3H3,(H,19,20). The summed E-state index contributed by atoms with van der Waals surface area (Å²) >= 11 is 1.55. The largest absolute Gasteiger partial charge is 0.476 e. The van der Waals surface area contributed by atoms with Crippen molar-refractivity contribution in [1.82, 2.24) is 9.78 Å². The highest BCUT2D eigenvalue weighted by Crippen LogP contribution is 2.23. The Morgan fingerprint density at radius 1 is 1.52 bits per heavy atom. The van der Waals surface area contributed by atoms with Crippen LogP contribution in [0, 0.1) is 0 Å². The molecule has 0 fully saturated rings. The van der Waals surface area contributed by atoms with Gasteiger partial charge < -0.3 is 14.6 Å². The summed E-state index contributed by atoms with van der Waals surface area (Å²) < 4.78 is 12.5. The van der Waals surface area contributed by atoms with Crippen LogP contribution in [0.1, 0.15) is 42.0 Å². The van der Waals surface area contributed by atoms with E-state index < -0.39 is 5.97 Å². The molecule has 0 bridgehead atoms. The van der Waals surface area contributed by atoms with Crippen LogP contribution in [0.2, 0.25) is 0 Å². The van der Waals surface area contributed by atoms with Crippen molar-refractivity contribution in [3.05, 3.63) is 33.8 Å². The van der Waals surface area contributed by atoms with E-state index in [1.807, 2.05) is 30.7 Å². The van der Waals surface area contributed by atoms with Gasteiger partial charge in [-0.3, -0.25) is 0 Å². The average Bonchev–Trinajstić information content (AvgIpc) is 3.17. The molecule has 2 rings (SSSR count). The van der Waals surface area contributed by atoms with Gasteiger partial charge in [0, 0.05) is 24.7 Å². The van der Waals surface area contributed by atoms with Gasteiger partial charge in [-0.25, -0.2) is 9.48 Å². The number of aromatic carboxylic acids is 1. The lowest BCUT2D eigenvalue weighted by molar-refractivity contribution is 0.0289. The van der Waals surface area contributed by atoms with Crippen LogP contribution in [-0.4, -0.2) is 40.7 Å². The second-order valence-electron chi connectivity index (χ2n) is 5.23. The maximum Gasteiger partial charge on any atom is 0.356 e. The first-order valence-corrected chi connectivity index (χ1v) is 8.49. The SMILES string of the molecule is CCc1c(COC(C)CCOC)c(C(=O)O)nn1-c1ccsc1. The molecule has 0 amide bonds. The Hall–Kier alpha value is -1.70. The Balaban J connectivity index is 2.27. The topological polar surface area (TPSA) is 73.6 Å². The molecular formula is C16H22N2O4S. The number of carboxylic acids is 1. The van der Waals surface area contributed by atoms with Gasteiger partial charge in [0.1, 0.15) is 0 Å². The molecule has 1 atom stereocenters. The summed E-state index contributed by atoms with van der Waals surface area (Å²) in [4.78, 5) is 11.5. The quantitative estimate of drug-likeness (QED) is 0.760. The van der Waals surface area contributed by atoms with E-state index >= 15 is 0 Å². The minimum Gasteiger partial charge on any atom is -0.476 e. The predicted molar refractivity (Wildman–Crippen MR) is 88.5 cm³/mol. The number of carbonyl (C=O) groups is 1. The van der Waals surface area contributed by atoms with Gasteiger partial charge in [0.15, 0.2) is 5.69 Å². The summed E-state index contributed by atoms with van der Waals surface area (Å²) in [6.45, 7) is 4.79. The highest BCUT2D eigenvalue weighted by atomic mass is 32.1. The molecule has 7 heteroatoms. The number of hydrogen-bond donors (Lipinski definition) is 1. The van der Waals surface area contributed by atoms with Crippen LogP contribution >= 0.6 is 11.3 Å². The number of ether oxygens (including phenoxy) is 2. The van der Waals surface area contributed by atoms with Gasteiger partial charge in [-0.15, -0.1) is 0 Å². The fourth-order valence-electron chi connectivity index (χ4n) is 2.36. The molecule has 2 aromatic rings. The maximum absolute atomic E-state index is 11.5. The van der Waals surface area contributed by atoms with Crippen molar-refractivity contribution in [1.29, 1.82) is 0 Å². The van der Waals surface area contributed by atoms with Crippen LogP contribution in [0.15, 0.2) is 16.8 Å². The van der Waals surface area contributed by atoms with Crippen molar-refractivity contribution in [3.8, 4) is 5.69 Å². The highest BCUT2D eigenvalue weighted by molar-refractivity contribution is 7.08. The van der Waals surface area contributed by atoms with Gasteiger partial charge in [-0.2, -0.15) is 16.4 Å². The first kappa shape index (κ1) is 17.7. The van der Waals surface area contributed by atoms with Crippen molar-refractivity contribution >= 4 is 17.3 Å². The third kappa shape index (κ3) is 4.19.